The Morgan fingerprint density at radius 1 is 1.09 bits per heavy atom. The zero-order valence-electron chi connectivity index (χ0n) is 14.9. The SMILES string of the molecule is CCCCCCCC/C=C/CCC1NC=C[N+]1(CC)C(C)O. The van der Waals surface area contributed by atoms with Gasteiger partial charge in [-0.2, -0.15) is 0 Å². The molecule has 0 aromatic carbocycles. The molecular weight excluding hydrogens is 272 g/mol. The van der Waals surface area contributed by atoms with Gasteiger partial charge in [-0.1, -0.05) is 51.2 Å². The lowest BCUT2D eigenvalue weighted by Gasteiger charge is -2.39. The van der Waals surface area contributed by atoms with Crippen LogP contribution in [0.5, 0.6) is 0 Å². The van der Waals surface area contributed by atoms with Crippen LogP contribution in [0, 0.1) is 0 Å². The first-order valence-corrected chi connectivity index (χ1v) is 9.31. The average molecular weight is 310 g/mol. The van der Waals surface area contributed by atoms with Gasteiger partial charge in [0.1, 0.15) is 6.20 Å². The number of rotatable bonds is 12. The van der Waals surface area contributed by atoms with E-state index in [9.17, 15) is 5.11 Å². The Balaban J connectivity index is 2.15. The fraction of sp³-hybridized carbons (Fsp3) is 0.789. The monoisotopic (exact) mass is 309 g/mol. The van der Waals surface area contributed by atoms with Gasteiger partial charge in [0.25, 0.3) is 0 Å². The Labute approximate surface area is 137 Å². The van der Waals surface area contributed by atoms with Gasteiger partial charge < -0.3 is 10.4 Å². The van der Waals surface area contributed by atoms with Crippen LogP contribution in [0.4, 0.5) is 0 Å². The largest absolute Gasteiger partial charge is 0.345 e. The van der Waals surface area contributed by atoms with Crippen LogP contribution in [0.1, 0.15) is 78.6 Å². The number of hydrogen-bond donors (Lipinski definition) is 2. The predicted octanol–water partition coefficient (Wildman–Crippen LogP) is 4.65. The van der Waals surface area contributed by atoms with Gasteiger partial charge in [0.05, 0.1) is 12.7 Å². The topological polar surface area (TPSA) is 32.3 Å². The van der Waals surface area contributed by atoms with Crippen LogP contribution < -0.4 is 5.32 Å². The molecule has 128 valence electrons. The van der Waals surface area contributed by atoms with Crippen molar-refractivity contribution < 1.29 is 9.59 Å². The number of aliphatic hydroxyl groups is 1. The Morgan fingerprint density at radius 3 is 2.45 bits per heavy atom. The summed E-state index contributed by atoms with van der Waals surface area (Å²) in [4.78, 5) is 0. The lowest BCUT2D eigenvalue weighted by molar-refractivity contribution is -0.942. The molecule has 1 heterocycles. The number of nitrogens with zero attached hydrogens (tertiary/aromatic N) is 1. The molecule has 1 aliphatic rings. The van der Waals surface area contributed by atoms with Crippen LogP contribution in [-0.4, -0.2) is 28.5 Å². The summed E-state index contributed by atoms with van der Waals surface area (Å²) in [5.74, 6) is 0. The quantitative estimate of drug-likeness (QED) is 0.312. The molecule has 0 radical (unpaired) electrons. The minimum atomic E-state index is -0.353. The van der Waals surface area contributed by atoms with Crippen molar-refractivity contribution in [1.82, 2.24) is 5.32 Å². The van der Waals surface area contributed by atoms with E-state index in [0.717, 1.165) is 19.4 Å². The highest BCUT2D eigenvalue weighted by Crippen LogP contribution is 2.25. The van der Waals surface area contributed by atoms with Gasteiger partial charge in [-0.25, -0.2) is 0 Å². The third kappa shape index (κ3) is 5.77. The van der Waals surface area contributed by atoms with Gasteiger partial charge >= 0.3 is 0 Å². The van der Waals surface area contributed by atoms with Crippen LogP contribution in [0.15, 0.2) is 24.6 Å². The summed E-state index contributed by atoms with van der Waals surface area (Å²) in [6.45, 7) is 7.22. The Bertz CT molecular complexity index is 338. The van der Waals surface area contributed by atoms with Gasteiger partial charge in [0.2, 0.25) is 0 Å². The Hall–Kier alpha value is -0.800. The second kappa shape index (κ2) is 10.8. The number of hydrogen-bond acceptors (Lipinski definition) is 2. The molecule has 0 amide bonds. The fourth-order valence-electron chi connectivity index (χ4n) is 3.37. The molecule has 0 aromatic heterocycles. The van der Waals surface area contributed by atoms with Gasteiger partial charge in [-0.05, 0) is 26.2 Å². The Morgan fingerprint density at radius 2 is 1.77 bits per heavy atom. The second-order valence-corrected chi connectivity index (χ2v) is 6.55. The molecule has 0 saturated heterocycles. The van der Waals surface area contributed by atoms with Gasteiger partial charge in [0, 0.05) is 13.3 Å². The molecule has 1 rings (SSSR count). The summed E-state index contributed by atoms with van der Waals surface area (Å²) in [5, 5.41) is 13.5. The Kier molecular flexibility index (Phi) is 9.49. The number of allylic oxidation sites excluding steroid dienone is 2. The second-order valence-electron chi connectivity index (χ2n) is 6.55. The molecule has 3 nitrogen and oxygen atoms in total. The van der Waals surface area contributed by atoms with E-state index in [2.05, 4.69) is 37.5 Å². The highest BCUT2D eigenvalue weighted by molar-refractivity contribution is 4.88. The molecule has 0 saturated carbocycles. The van der Waals surface area contributed by atoms with Crippen molar-refractivity contribution in [2.75, 3.05) is 6.54 Å². The third-order valence-electron chi connectivity index (χ3n) is 4.96. The summed E-state index contributed by atoms with van der Waals surface area (Å²) in [7, 11) is 0. The van der Waals surface area contributed by atoms with Gasteiger partial charge in [-0.15, -0.1) is 0 Å². The van der Waals surface area contributed by atoms with Crippen LogP contribution in [0.3, 0.4) is 0 Å². The summed E-state index contributed by atoms with van der Waals surface area (Å²) in [6, 6.07) is 0. The van der Waals surface area contributed by atoms with E-state index < -0.39 is 0 Å². The molecule has 3 atom stereocenters. The molecule has 0 aromatic rings. The van der Waals surface area contributed by atoms with Crippen molar-refractivity contribution in [2.24, 2.45) is 0 Å². The first-order valence-electron chi connectivity index (χ1n) is 9.31. The number of nitrogens with one attached hydrogen (secondary N) is 1. The highest BCUT2D eigenvalue weighted by atomic mass is 16.3. The van der Waals surface area contributed by atoms with E-state index in [0.29, 0.717) is 10.6 Å². The van der Waals surface area contributed by atoms with Crippen LogP contribution >= 0.6 is 0 Å². The highest BCUT2D eigenvalue weighted by Gasteiger charge is 2.40. The molecule has 2 N–H and O–H groups in total. The lowest BCUT2D eigenvalue weighted by Crippen LogP contribution is -2.57. The molecule has 3 unspecified atom stereocenters. The van der Waals surface area contributed by atoms with Crippen molar-refractivity contribution in [1.29, 1.82) is 0 Å². The predicted molar refractivity (Wildman–Crippen MR) is 94.9 cm³/mol. The minimum Gasteiger partial charge on any atom is -0.345 e. The minimum absolute atomic E-state index is 0.309. The average Bonchev–Trinajstić information content (AvgIpc) is 2.93. The van der Waals surface area contributed by atoms with E-state index in [1.165, 1.54) is 44.9 Å². The number of quaternary nitrogens is 1. The lowest BCUT2D eigenvalue weighted by atomic mass is 10.1. The first kappa shape index (κ1) is 19.2. The molecule has 0 aliphatic carbocycles. The fourth-order valence-corrected chi connectivity index (χ4v) is 3.37. The van der Waals surface area contributed by atoms with Crippen molar-refractivity contribution in [2.45, 2.75) is 91.0 Å². The summed E-state index contributed by atoms with van der Waals surface area (Å²) < 4.78 is 0.644. The van der Waals surface area contributed by atoms with Gasteiger partial charge in [-0.3, -0.25) is 4.48 Å². The summed E-state index contributed by atoms with van der Waals surface area (Å²) >= 11 is 0. The van der Waals surface area contributed by atoms with Crippen molar-refractivity contribution in [3.63, 3.8) is 0 Å². The number of unbranched alkanes of at least 4 members (excludes halogenated alkanes) is 6. The van der Waals surface area contributed by atoms with Crippen LogP contribution in [0.25, 0.3) is 0 Å². The van der Waals surface area contributed by atoms with Crippen LogP contribution in [-0.2, 0) is 0 Å². The van der Waals surface area contributed by atoms with E-state index in [-0.39, 0.29) is 6.23 Å². The third-order valence-corrected chi connectivity index (χ3v) is 4.96. The number of aliphatic hydroxyl groups excluding tert-OH is 1. The van der Waals surface area contributed by atoms with E-state index in [1.807, 2.05) is 13.1 Å². The standard InChI is InChI=1S/C19H37N2O/c1-4-6-7-8-9-10-11-12-13-14-15-19-20-16-17-21(19,5-2)18(3)22/h12-13,16-20,22H,4-11,14-15H2,1-3H3/q+1/b13-12+. The molecule has 3 heteroatoms. The summed E-state index contributed by atoms with van der Waals surface area (Å²) in [5.41, 5.74) is 0. The molecule has 0 spiro atoms. The molecule has 22 heavy (non-hydrogen) atoms. The van der Waals surface area contributed by atoms with Gasteiger partial charge in [0.15, 0.2) is 12.4 Å². The first-order chi connectivity index (χ1) is 10.7. The maximum atomic E-state index is 10.1. The molecule has 0 fully saturated rings. The zero-order valence-corrected chi connectivity index (χ0v) is 14.9. The maximum Gasteiger partial charge on any atom is 0.193 e. The summed E-state index contributed by atoms with van der Waals surface area (Å²) in [6.07, 6.45) is 20.3. The van der Waals surface area contributed by atoms with E-state index >= 15 is 0 Å². The molecule has 1 aliphatic heterocycles. The smallest absolute Gasteiger partial charge is 0.193 e. The van der Waals surface area contributed by atoms with E-state index in [1.54, 1.807) is 0 Å². The van der Waals surface area contributed by atoms with E-state index in [4.69, 9.17) is 0 Å². The maximum absolute atomic E-state index is 10.1. The van der Waals surface area contributed by atoms with Crippen molar-refractivity contribution in [3.8, 4) is 0 Å². The van der Waals surface area contributed by atoms with Crippen molar-refractivity contribution >= 4 is 0 Å². The normalized spacial score (nSPS) is 25.7. The van der Waals surface area contributed by atoms with Crippen molar-refractivity contribution in [3.05, 3.63) is 24.6 Å². The molecule has 0 bridgehead atoms. The molecular formula is C19H37N2O+. The zero-order chi connectivity index (χ0) is 16.3. The van der Waals surface area contributed by atoms with Crippen LogP contribution in [0.2, 0.25) is 0 Å².